The second-order valence-electron chi connectivity index (χ2n) is 23.6. The van der Waals surface area contributed by atoms with Crippen LogP contribution in [0.1, 0.15) is 128 Å². The van der Waals surface area contributed by atoms with Crippen LogP contribution in [0, 0.1) is 5.92 Å². The predicted octanol–water partition coefficient (Wildman–Crippen LogP) is 9.20. The van der Waals surface area contributed by atoms with Gasteiger partial charge < -0.3 is 65.4 Å². The highest BCUT2D eigenvalue weighted by molar-refractivity contribution is 5.90. The van der Waals surface area contributed by atoms with Crippen molar-refractivity contribution in [3.8, 4) is 39.9 Å². The molecule has 1 fully saturated rings. The van der Waals surface area contributed by atoms with Gasteiger partial charge in [-0.2, -0.15) is 0 Å². The minimum atomic E-state index is -1.07. The molecule has 0 bridgehead atoms. The third-order valence-corrected chi connectivity index (χ3v) is 17.2. The summed E-state index contributed by atoms with van der Waals surface area (Å²) >= 11 is 0. The predicted molar refractivity (Wildman–Crippen MR) is 309 cm³/mol. The Labute approximate surface area is 464 Å². The van der Waals surface area contributed by atoms with E-state index in [1.807, 2.05) is 25.3 Å². The van der Waals surface area contributed by atoms with E-state index in [1.54, 1.807) is 12.1 Å². The number of hydrogen-bond donors (Lipinski definition) is 10. The van der Waals surface area contributed by atoms with Crippen LogP contribution >= 0.6 is 0 Å². The maximum Gasteiger partial charge on any atom is 0.161 e. The second kappa shape index (κ2) is 24.0. The molecule has 6 aromatic rings. The van der Waals surface area contributed by atoms with E-state index in [4.69, 9.17) is 18.9 Å². The number of aromatic nitrogens is 1. The largest absolute Gasteiger partial charge is 0.507 e. The molecule has 5 aromatic carbocycles. The fourth-order valence-electron chi connectivity index (χ4n) is 13.8. The van der Waals surface area contributed by atoms with E-state index in [1.165, 1.54) is 29.5 Å². The standard InChI is InChI=1S/C65H81N5O9/c1-40(2)32-64(3,75)36-67-38-68-37-65(77-39-70-46-13-7-8-14-46)33-53-50-31-52-58(43-15-20-54-42(28-43)23-25-69-54)45(34-66-24-9-12-41-10-5-4-6-11-41)29-51-55(73)22-19-48(59(51)52)60(50)62-49(18-17-47(35-72)78-62)61(53)79-63(65)44-16-21-56(74)57(30-44)76-27-26-71/h4-6,10-11,15-16,19-23,25,28-30,40,46-47,52,58,63,66-75H,7-9,12-14,17-18,24,26-27,31-39H2,1-3H3/t47-,52-,58+,63-,64-,65+/m1/s1. The number of fused-ring (bicyclic) bond motifs is 8. The van der Waals surface area contributed by atoms with Gasteiger partial charge in [0, 0.05) is 78.7 Å². The molecule has 79 heavy (non-hydrogen) atoms. The third kappa shape index (κ3) is 11.7. The molecule has 11 rings (SSSR count). The third-order valence-electron chi connectivity index (χ3n) is 17.2. The zero-order valence-electron chi connectivity index (χ0n) is 46.2. The van der Waals surface area contributed by atoms with Crippen LogP contribution in [0.4, 0.5) is 0 Å². The summed E-state index contributed by atoms with van der Waals surface area (Å²) in [5.41, 5.74) is 10.5. The number of aliphatic hydroxyl groups is 3. The number of aliphatic hydroxyl groups excluding tert-OH is 2. The van der Waals surface area contributed by atoms with Gasteiger partial charge in [0.25, 0.3) is 0 Å². The molecule has 6 atom stereocenters. The lowest BCUT2D eigenvalue weighted by Gasteiger charge is -2.48. The molecule has 2 aliphatic heterocycles. The zero-order chi connectivity index (χ0) is 54.7. The van der Waals surface area contributed by atoms with Crippen LogP contribution in [0.3, 0.4) is 0 Å². The Balaban J connectivity index is 1.05. The molecule has 0 saturated heterocycles. The first-order valence-electron chi connectivity index (χ1n) is 29.0. The fourth-order valence-corrected chi connectivity index (χ4v) is 13.8. The molecule has 0 radical (unpaired) electrons. The number of nitrogens with one attached hydrogen (secondary N) is 5. The van der Waals surface area contributed by atoms with E-state index in [-0.39, 0.29) is 55.6 Å². The highest BCUT2D eigenvalue weighted by atomic mass is 16.6. The topological polar surface area (TPSA) is 202 Å². The van der Waals surface area contributed by atoms with E-state index in [0.29, 0.717) is 76.1 Å². The van der Waals surface area contributed by atoms with Crippen LogP contribution in [0.2, 0.25) is 0 Å². The number of phenols is 2. The Kier molecular flexibility index (Phi) is 16.7. The number of aromatic amines is 1. The Hall–Kier alpha value is -5.94. The van der Waals surface area contributed by atoms with E-state index >= 15 is 0 Å². The summed E-state index contributed by atoms with van der Waals surface area (Å²) in [7, 11) is 0. The summed E-state index contributed by atoms with van der Waals surface area (Å²) < 4.78 is 28.1. The molecule has 1 aromatic heterocycles. The number of ether oxygens (including phenoxy) is 4. The minimum Gasteiger partial charge on any atom is -0.507 e. The zero-order valence-corrected chi connectivity index (χ0v) is 46.2. The molecule has 3 aliphatic carbocycles. The summed E-state index contributed by atoms with van der Waals surface area (Å²) in [6.45, 7) is 8.60. The van der Waals surface area contributed by atoms with E-state index in [0.717, 1.165) is 93.4 Å². The van der Waals surface area contributed by atoms with Gasteiger partial charge in [-0.15, -0.1) is 0 Å². The number of H-pyrrole nitrogens is 1. The minimum absolute atomic E-state index is 0.00145. The summed E-state index contributed by atoms with van der Waals surface area (Å²) in [5, 5.41) is 71.0. The first-order chi connectivity index (χ1) is 38.4. The van der Waals surface area contributed by atoms with Crippen molar-refractivity contribution in [2.45, 2.75) is 133 Å². The second-order valence-corrected chi connectivity index (χ2v) is 23.6. The van der Waals surface area contributed by atoms with Crippen molar-refractivity contribution in [2.75, 3.05) is 59.4 Å². The highest BCUT2D eigenvalue weighted by Crippen LogP contribution is 2.61. The Bertz CT molecular complexity index is 3110. The van der Waals surface area contributed by atoms with Gasteiger partial charge in [-0.3, -0.25) is 5.32 Å². The van der Waals surface area contributed by atoms with Crippen molar-refractivity contribution in [3.63, 3.8) is 0 Å². The van der Waals surface area contributed by atoms with Crippen LogP contribution in [0.15, 0.2) is 96.7 Å². The van der Waals surface area contributed by atoms with Gasteiger partial charge in [-0.25, -0.2) is 0 Å². The first-order valence-corrected chi connectivity index (χ1v) is 29.0. The normalized spacial score (nSPS) is 22.1. The maximum atomic E-state index is 12.0. The molecular formula is C65H81N5O9. The highest BCUT2D eigenvalue weighted by Gasteiger charge is 2.51. The van der Waals surface area contributed by atoms with E-state index in [9.17, 15) is 25.5 Å². The van der Waals surface area contributed by atoms with Crippen LogP contribution in [-0.4, -0.2) is 113 Å². The monoisotopic (exact) mass is 1080 g/mol. The van der Waals surface area contributed by atoms with Crippen molar-refractivity contribution in [2.24, 2.45) is 5.92 Å². The number of rotatable bonds is 24. The van der Waals surface area contributed by atoms with Crippen molar-refractivity contribution < 1.29 is 44.5 Å². The average Bonchev–Trinajstić information content (AvgIpc) is 3.87. The number of aryl methyl sites for hydroxylation is 1. The maximum absolute atomic E-state index is 12.0. The lowest BCUT2D eigenvalue weighted by Crippen LogP contribution is -2.56. The van der Waals surface area contributed by atoms with Crippen LogP contribution < -0.4 is 35.5 Å². The molecule has 1 saturated carbocycles. The molecule has 3 heterocycles. The smallest absolute Gasteiger partial charge is 0.161 e. The summed E-state index contributed by atoms with van der Waals surface area (Å²) in [4.78, 5) is 3.41. The number of phenolic OH excluding ortho intramolecular Hbond substituents is 2. The molecule has 5 aliphatic rings. The molecule has 420 valence electrons. The molecule has 0 spiro atoms. The van der Waals surface area contributed by atoms with E-state index in [2.05, 4.69) is 107 Å². The van der Waals surface area contributed by atoms with Gasteiger partial charge in [0.1, 0.15) is 35.6 Å². The van der Waals surface area contributed by atoms with Crippen molar-refractivity contribution in [1.82, 2.24) is 26.3 Å². The van der Waals surface area contributed by atoms with Crippen LogP contribution in [0.25, 0.3) is 28.1 Å². The molecular weight excluding hydrogens is 995 g/mol. The van der Waals surface area contributed by atoms with Crippen molar-refractivity contribution >= 4 is 17.0 Å². The summed E-state index contributed by atoms with van der Waals surface area (Å²) in [6.07, 6.45) is 12.4. The Morgan fingerprint density at radius 1 is 0.861 bits per heavy atom. The summed E-state index contributed by atoms with van der Waals surface area (Å²) in [5.74, 6) is 2.02. The van der Waals surface area contributed by atoms with E-state index < -0.39 is 23.4 Å². The first kappa shape index (κ1) is 55.0. The summed E-state index contributed by atoms with van der Waals surface area (Å²) in [6, 6.07) is 29.0. The molecule has 10 N–H and O–H groups in total. The quantitative estimate of drug-likeness (QED) is 0.0203. The number of hydrogen-bond acceptors (Lipinski definition) is 13. The Morgan fingerprint density at radius 3 is 2.49 bits per heavy atom. The molecule has 14 heteroatoms. The van der Waals surface area contributed by atoms with Crippen LogP contribution in [0.5, 0.6) is 28.7 Å². The Morgan fingerprint density at radius 2 is 1.68 bits per heavy atom. The lowest BCUT2D eigenvalue weighted by atomic mass is 9.62. The van der Waals surface area contributed by atoms with Gasteiger partial charge in [0.15, 0.2) is 17.6 Å². The van der Waals surface area contributed by atoms with Gasteiger partial charge in [0.05, 0.1) is 25.5 Å². The van der Waals surface area contributed by atoms with Crippen molar-refractivity contribution in [3.05, 3.63) is 141 Å². The lowest BCUT2D eigenvalue weighted by molar-refractivity contribution is -0.131. The van der Waals surface area contributed by atoms with Crippen LogP contribution in [-0.2, 0) is 30.4 Å². The SMILES string of the molecule is CC(C)C[C@@](C)(O)CNCNC[C@@]1(OCNC2CCCC2)Cc2c3c(c4c(c2O[C@@H]1c1ccc(O)c(OCCO)c1)CC[C@H](CO)O4)-c1ccc(O)c2c1[C@H](C3)[C@@H](c1ccc3[nH]ccc3c1)C(CNCCCc1ccccc1)=C2. The van der Waals surface area contributed by atoms with Gasteiger partial charge >= 0.3 is 0 Å². The van der Waals surface area contributed by atoms with Gasteiger partial charge in [-0.1, -0.05) is 75.2 Å². The average molecular weight is 1080 g/mol. The number of benzene rings is 5. The molecule has 0 unspecified atom stereocenters. The molecule has 0 amide bonds. The fraction of sp³-hybridized carbons (Fsp3) is 0.477. The molecule has 14 nitrogen and oxygen atoms in total. The van der Waals surface area contributed by atoms with Crippen molar-refractivity contribution in [1.29, 1.82) is 0 Å². The number of aromatic hydroxyl groups is 2. The van der Waals surface area contributed by atoms with Gasteiger partial charge in [-0.05, 0) is 163 Å². The van der Waals surface area contributed by atoms with Gasteiger partial charge in [0.2, 0.25) is 0 Å².